The molecule has 3 rings (SSSR count). The van der Waals surface area contributed by atoms with Crippen molar-refractivity contribution in [1.29, 1.82) is 0 Å². The standard InChI is InChI=1S/C18H23N3/c1-14-6-5-7-15(10-14)11-19-17-12-20-18(21-13-17)16-8-3-2-4-9-16/h2-4,8-9,12-15,19H,5-7,10-11H2,1H3. The molecule has 0 amide bonds. The van der Waals surface area contributed by atoms with Crippen LogP contribution in [0.15, 0.2) is 42.7 Å². The van der Waals surface area contributed by atoms with Crippen molar-refractivity contribution >= 4 is 5.69 Å². The third-order valence-electron chi connectivity index (χ3n) is 4.32. The van der Waals surface area contributed by atoms with E-state index in [-0.39, 0.29) is 0 Å². The van der Waals surface area contributed by atoms with E-state index < -0.39 is 0 Å². The maximum Gasteiger partial charge on any atom is 0.159 e. The number of hydrogen-bond acceptors (Lipinski definition) is 3. The lowest BCUT2D eigenvalue weighted by atomic mass is 9.82. The maximum atomic E-state index is 4.45. The van der Waals surface area contributed by atoms with Crippen LogP contribution in [0.5, 0.6) is 0 Å². The van der Waals surface area contributed by atoms with E-state index in [1.807, 2.05) is 42.7 Å². The second-order valence-corrected chi connectivity index (χ2v) is 6.18. The van der Waals surface area contributed by atoms with Gasteiger partial charge in [0.1, 0.15) is 0 Å². The molecule has 2 atom stereocenters. The Morgan fingerprint density at radius 3 is 2.57 bits per heavy atom. The first-order valence-corrected chi connectivity index (χ1v) is 7.92. The summed E-state index contributed by atoms with van der Waals surface area (Å²) in [5, 5.41) is 3.49. The van der Waals surface area contributed by atoms with Crippen LogP contribution in [-0.2, 0) is 0 Å². The molecule has 3 heteroatoms. The lowest BCUT2D eigenvalue weighted by Crippen LogP contribution is -2.21. The summed E-state index contributed by atoms with van der Waals surface area (Å²) in [6.45, 7) is 3.41. The Bertz CT molecular complexity index is 550. The van der Waals surface area contributed by atoms with Gasteiger partial charge in [0.05, 0.1) is 18.1 Å². The zero-order valence-corrected chi connectivity index (χ0v) is 12.6. The molecule has 0 bridgehead atoms. The van der Waals surface area contributed by atoms with Crippen LogP contribution in [0, 0.1) is 11.8 Å². The molecule has 1 aromatic heterocycles. The zero-order valence-electron chi connectivity index (χ0n) is 12.6. The fraction of sp³-hybridized carbons (Fsp3) is 0.444. The van der Waals surface area contributed by atoms with Crippen molar-refractivity contribution in [3.05, 3.63) is 42.7 Å². The minimum absolute atomic E-state index is 0.785. The summed E-state index contributed by atoms with van der Waals surface area (Å²) >= 11 is 0. The van der Waals surface area contributed by atoms with Crippen LogP contribution < -0.4 is 5.32 Å². The van der Waals surface area contributed by atoms with E-state index >= 15 is 0 Å². The molecule has 1 aliphatic carbocycles. The van der Waals surface area contributed by atoms with Crippen LogP contribution in [0.2, 0.25) is 0 Å². The lowest BCUT2D eigenvalue weighted by Gasteiger charge is -2.27. The second-order valence-electron chi connectivity index (χ2n) is 6.18. The fourth-order valence-corrected chi connectivity index (χ4v) is 3.16. The number of benzene rings is 1. The summed E-state index contributed by atoms with van der Waals surface area (Å²) < 4.78 is 0. The molecule has 21 heavy (non-hydrogen) atoms. The molecular formula is C18H23N3. The Balaban J connectivity index is 1.57. The van der Waals surface area contributed by atoms with Crippen LogP contribution in [0.4, 0.5) is 5.69 Å². The van der Waals surface area contributed by atoms with Crippen molar-refractivity contribution in [3.8, 4) is 11.4 Å². The summed E-state index contributed by atoms with van der Waals surface area (Å²) in [6.07, 6.45) is 9.24. The summed E-state index contributed by atoms with van der Waals surface area (Å²) in [6, 6.07) is 10.1. The number of aromatic nitrogens is 2. The average Bonchev–Trinajstić information content (AvgIpc) is 2.54. The number of hydrogen-bond donors (Lipinski definition) is 1. The molecule has 2 aromatic rings. The van der Waals surface area contributed by atoms with Crippen LogP contribution in [0.25, 0.3) is 11.4 Å². The molecule has 0 aliphatic heterocycles. The van der Waals surface area contributed by atoms with E-state index in [0.717, 1.165) is 35.5 Å². The SMILES string of the molecule is CC1CCCC(CNc2cnc(-c3ccccc3)nc2)C1. The monoisotopic (exact) mass is 281 g/mol. The summed E-state index contributed by atoms with van der Waals surface area (Å²) in [5.74, 6) is 2.46. The highest BCUT2D eigenvalue weighted by atomic mass is 14.9. The molecule has 1 N–H and O–H groups in total. The summed E-state index contributed by atoms with van der Waals surface area (Å²) in [5.41, 5.74) is 2.08. The molecule has 2 unspecified atom stereocenters. The molecule has 1 aliphatic rings. The van der Waals surface area contributed by atoms with Crippen molar-refractivity contribution in [2.45, 2.75) is 32.6 Å². The lowest BCUT2D eigenvalue weighted by molar-refractivity contribution is 0.293. The van der Waals surface area contributed by atoms with Gasteiger partial charge in [-0.15, -0.1) is 0 Å². The van der Waals surface area contributed by atoms with Gasteiger partial charge >= 0.3 is 0 Å². The second kappa shape index (κ2) is 6.70. The largest absolute Gasteiger partial charge is 0.382 e. The van der Waals surface area contributed by atoms with Crippen molar-refractivity contribution in [2.24, 2.45) is 11.8 Å². The molecule has 0 radical (unpaired) electrons. The Kier molecular flexibility index (Phi) is 4.49. The van der Waals surface area contributed by atoms with Crippen LogP contribution >= 0.6 is 0 Å². The van der Waals surface area contributed by atoms with E-state index in [0.29, 0.717) is 0 Å². The third-order valence-corrected chi connectivity index (χ3v) is 4.32. The molecule has 110 valence electrons. The first-order valence-electron chi connectivity index (χ1n) is 7.92. The highest BCUT2D eigenvalue weighted by Gasteiger charge is 2.18. The fourth-order valence-electron chi connectivity index (χ4n) is 3.16. The number of nitrogens with zero attached hydrogens (tertiary/aromatic N) is 2. The first-order chi connectivity index (χ1) is 10.3. The van der Waals surface area contributed by atoms with Gasteiger partial charge in [0.15, 0.2) is 5.82 Å². The highest BCUT2D eigenvalue weighted by molar-refractivity contribution is 5.55. The molecule has 1 aromatic carbocycles. The Labute approximate surface area is 126 Å². The Morgan fingerprint density at radius 1 is 1.10 bits per heavy atom. The third kappa shape index (κ3) is 3.81. The van der Waals surface area contributed by atoms with Crippen molar-refractivity contribution in [3.63, 3.8) is 0 Å². The quantitative estimate of drug-likeness (QED) is 0.903. The topological polar surface area (TPSA) is 37.8 Å². The summed E-state index contributed by atoms with van der Waals surface area (Å²) in [7, 11) is 0. The van der Waals surface area contributed by atoms with Crippen LogP contribution in [-0.4, -0.2) is 16.5 Å². The van der Waals surface area contributed by atoms with Gasteiger partial charge in [0.25, 0.3) is 0 Å². The number of anilines is 1. The molecule has 3 nitrogen and oxygen atoms in total. The Morgan fingerprint density at radius 2 is 1.86 bits per heavy atom. The molecule has 1 saturated carbocycles. The van der Waals surface area contributed by atoms with Gasteiger partial charge in [-0.05, 0) is 24.7 Å². The molecular weight excluding hydrogens is 258 g/mol. The first kappa shape index (κ1) is 14.1. The minimum atomic E-state index is 0.785. The van der Waals surface area contributed by atoms with Gasteiger partial charge in [-0.2, -0.15) is 0 Å². The van der Waals surface area contributed by atoms with Crippen LogP contribution in [0.3, 0.4) is 0 Å². The van der Waals surface area contributed by atoms with Gasteiger partial charge in [0, 0.05) is 12.1 Å². The normalized spacial score (nSPS) is 22.0. The predicted molar refractivity (Wildman–Crippen MR) is 87.1 cm³/mol. The molecule has 1 heterocycles. The van der Waals surface area contributed by atoms with E-state index in [2.05, 4.69) is 22.2 Å². The van der Waals surface area contributed by atoms with Crippen molar-refractivity contribution < 1.29 is 0 Å². The predicted octanol–water partition coefficient (Wildman–Crippen LogP) is 4.38. The van der Waals surface area contributed by atoms with Crippen LogP contribution in [0.1, 0.15) is 32.6 Å². The highest BCUT2D eigenvalue weighted by Crippen LogP contribution is 2.28. The number of nitrogens with one attached hydrogen (secondary N) is 1. The molecule has 0 spiro atoms. The van der Waals surface area contributed by atoms with E-state index in [1.54, 1.807) is 0 Å². The Hall–Kier alpha value is -1.90. The maximum absolute atomic E-state index is 4.45. The molecule has 0 saturated heterocycles. The van der Waals surface area contributed by atoms with E-state index in [1.165, 1.54) is 25.7 Å². The van der Waals surface area contributed by atoms with Gasteiger partial charge in [-0.25, -0.2) is 9.97 Å². The van der Waals surface area contributed by atoms with Gasteiger partial charge in [-0.1, -0.05) is 50.1 Å². The van der Waals surface area contributed by atoms with E-state index in [4.69, 9.17) is 0 Å². The zero-order chi connectivity index (χ0) is 14.5. The van der Waals surface area contributed by atoms with Gasteiger partial charge in [0.2, 0.25) is 0 Å². The minimum Gasteiger partial charge on any atom is -0.382 e. The van der Waals surface area contributed by atoms with Gasteiger partial charge in [-0.3, -0.25) is 0 Å². The van der Waals surface area contributed by atoms with E-state index in [9.17, 15) is 0 Å². The molecule has 1 fully saturated rings. The van der Waals surface area contributed by atoms with Crippen molar-refractivity contribution in [1.82, 2.24) is 9.97 Å². The van der Waals surface area contributed by atoms with Crippen molar-refractivity contribution in [2.75, 3.05) is 11.9 Å². The number of rotatable bonds is 4. The van der Waals surface area contributed by atoms with Gasteiger partial charge < -0.3 is 5.32 Å². The summed E-state index contributed by atoms with van der Waals surface area (Å²) in [4.78, 5) is 8.91. The average molecular weight is 281 g/mol. The smallest absolute Gasteiger partial charge is 0.159 e.